The Kier molecular flexibility index (Phi) is 3.23. The quantitative estimate of drug-likeness (QED) is 0.910. The smallest absolute Gasteiger partial charge is 0.139 e. The van der Waals surface area contributed by atoms with E-state index < -0.39 is 0 Å². The van der Waals surface area contributed by atoms with E-state index >= 15 is 0 Å². The van der Waals surface area contributed by atoms with Crippen LogP contribution >= 0.6 is 27.5 Å². The zero-order valence-electron chi connectivity index (χ0n) is 7.90. The highest BCUT2D eigenvalue weighted by Crippen LogP contribution is 2.19. The van der Waals surface area contributed by atoms with Crippen LogP contribution in [0.15, 0.2) is 34.8 Å². The highest BCUT2D eigenvalue weighted by molar-refractivity contribution is 9.10. The Balaban J connectivity index is 1.99. The Morgan fingerprint density at radius 3 is 2.93 bits per heavy atom. The fourth-order valence-corrected chi connectivity index (χ4v) is 2.22. The minimum atomic E-state index is 0.566. The molecule has 0 amide bonds. The number of hydrogen-bond acceptors (Lipinski definition) is 4. The molecule has 0 aliphatic rings. The molecule has 5 heteroatoms. The Labute approximate surface area is 101 Å². The Hall–Kier alpha value is -1.07. The Morgan fingerprint density at radius 1 is 1.40 bits per heavy atom. The van der Waals surface area contributed by atoms with Crippen LogP contribution in [-0.4, -0.2) is 4.37 Å². The van der Waals surface area contributed by atoms with Crippen LogP contribution < -0.4 is 11.1 Å². The monoisotopic (exact) mass is 283 g/mol. The number of nitrogen functional groups attached to an aromatic ring is 1. The first-order valence-corrected chi connectivity index (χ1v) is 6.01. The van der Waals surface area contributed by atoms with Gasteiger partial charge in [-0.1, -0.05) is 28.1 Å². The molecule has 0 aliphatic heterocycles. The van der Waals surface area contributed by atoms with Crippen LogP contribution in [0.2, 0.25) is 0 Å². The highest BCUT2D eigenvalue weighted by atomic mass is 79.9. The van der Waals surface area contributed by atoms with Gasteiger partial charge in [0.25, 0.3) is 0 Å². The van der Waals surface area contributed by atoms with Crippen molar-refractivity contribution in [1.82, 2.24) is 4.37 Å². The second-order valence-corrected chi connectivity index (χ2v) is 4.82. The standard InChI is InChI=1S/C10H10BrN3S/c11-8-3-1-2-7(4-8)6-13-10-5-9(12)14-15-10/h1-5,13H,6H2,(H2,12,14). The molecule has 1 aromatic carbocycles. The van der Waals surface area contributed by atoms with E-state index in [4.69, 9.17) is 5.73 Å². The summed E-state index contributed by atoms with van der Waals surface area (Å²) in [5.74, 6) is 0.566. The fourth-order valence-electron chi connectivity index (χ4n) is 1.21. The first-order chi connectivity index (χ1) is 7.24. The summed E-state index contributed by atoms with van der Waals surface area (Å²) in [4.78, 5) is 0. The molecule has 1 heterocycles. The number of hydrogen-bond donors (Lipinski definition) is 2. The number of nitrogens with two attached hydrogens (primary N) is 1. The number of benzene rings is 1. The van der Waals surface area contributed by atoms with Crippen LogP contribution in [0.1, 0.15) is 5.56 Å². The van der Waals surface area contributed by atoms with E-state index in [-0.39, 0.29) is 0 Å². The SMILES string of the molecule is Nc1cc(NCc2cccc(Br)c2)sn1. The first-order valence-electron chi connectivity index (χ1n) is 4.44. The van der Waals surface area contributed by atoms with E-state index in [1.54, 1.807) is 0 Å². The van der Waals surface area contributed by atoms with Crippen molar-refractivity contribution in [1.29, 1.82) is 0 Å². The number of aromatic nitrogens is 1. The van der Waals surface area contributed by atoms with Gasteiger partial charge in [0.1, 0.15) is 10.8 Å². The van der Waals surface area contributed by atoms with E-state index in [0.29, 0.717) is 5.82 Å². The average Bonchev–Trinajstić information content (AvgIpc) is 2.62. The molecule has 2 aromatic rings. The van der Waals surface area contributed by atoms with Gasteiger partial charge >= 0.3 is 0 Å². The van der Waals surface area contributed by atoms with Crippen molar-refractivity contribution in [2.75, 3.05) is 11.1 Å². The minimum absolute atomic E-state index is 0.566. The molecule has 0 saturated heterocycles. The van der Waals surface area contributed by atoms with Gasteiger partial charge < -0.3 is 11.1 Å². The number of nitrogens with one attached hydrogen (secondary N) is 1. The molecule has 3 N–H and O–H groups in total. The molecule has 0 saturated carbocycles. The van der Waals surface area contributed by atoms with Crippen LogP contribution in [0.5, 0.6) is 0 Å². The maximum Gasteiger partial charge on any atom is 0.139 e. The van der Waals surface area contributed by atoms with Crippen molar-refractivity contribution in [3.8, 4) is 0 Å². The van der Waals surface area contributed by atoms with E-state index in [1.807, 2.05) is 18.2 Å². The summed E-state index contributed by atoms with van der Waals surface area (Å²) < 4.78 is 5.08. The lowest BCUT2D eigenvalue weighted by Gasteiger charge is -2.03. The molecule has 0 spiro atoms. The zero-order chi connectivity index (χ0) is 10.7. The maximum absolute atomic E-state index is 5.52. The predicted molar refractivity (Wildman–Crippen MR) is 68.0 cm³/mol. The minimum Gasteiger partial charge on any atom is -0.383 e. The number of halogens is 1. The number of nitrogens with zero attached hydrogens (tertiary/aromatic N) is 1. The average molecular weight is 284 g/mol. The van der Waals surface area contributed by atoms with Crippen molar-refractivity contribution in [3.05, 3.63) is 40.4 Å². The third-order valence-corrected chi connectivity index (χ3v) is 3.14. The highest BCUT2D eigenvalue weighted by Gasteiger charge is 1.98. The lowest BCUT2D eigenvalue weighted by molar-refractivity contribution is 1.16. The van der Waals surface area contributed by atoms with Crippen LogP contribution in [0.25, 0.3) is 0 Å². The van der Waals surface area contributed by atoms with Crippen LogP contribution in [0, 0.1) is 0 Å². The summed E-state index contributed by atoms with van der Waals surface area (Å²) >= 11 is 4.81. The van der Waals surface area contributed by atoms with Gasteiger partial charge in [-0.3, -0.25) is 0 Å². The molecular weight excluding hydrogens is 274 g/mol. The fraction of sp³-hybridized carbons (Fsp3) is 0.100. The van der Waals surface area contributed by atoms with Gasteiger partial charge in [-0.15, -0.1) is 0 Å². The van der Waals surface area contributed by atoms with E-state index in [0.717, 1.165) is 16.0 Å². The summed E-state index contributed by atoms with van der Waals surface area (Å²) in [7, 11) is 0. The molecule has 0 unspecified atom stereocenters. The molecule has 1 aromatic heterocycles. The summed E-state index contributed by atoms with van der Waals surface area (Å²) in [6.45, 7) is 0.779. The topological polar surface area (TPSA) is 50.9 Å². The van der Waals surface area contributed by atoms with E-state index in [1.165, 1.54) is 17.1 Å². The van der Waals surface area contributed by atoms with Crippen molar-refractivity contribution >= 4 is 38.3 Å². The molecule has 0 fully saturated rings. The molecule has 0 bridgehead atoms. The summed E-state index contributed by atoms with van der Waals surface area (Å²) in [6.07, 6.45) is 0. The largest absolute Gasteiger partial charge is 0.383 e. The van der Waals surface area contributed by atoms with Crippen LogP contribution in [0.3, 0.4) is 0 Å². The number of anilines is 2. The molecule has 2 rings (SSSR count). The summed E-state index contributed by atoms with van der Waals surface area (Å²) in [5.41, 5.74) is 6.74. The lowest BCUT2D eigenvalue weighted by atomic mass is 10.2. The number of rotatable bonds is 3. The van der Waals surface area contributed by atoms with Crippen molar-refractivity contribution in [2.45, 2.75) is 6.54 Å². The zero-order valence-corrected chi connectivity index (χ0v) is 10.3. The molecule has 78 valence electrons. The molecule has 15 heavy (non-hydrogen) atoms. The van der Waals surface area contributed by atoms with Gasteiger partial charge in [-0.05, 0) is 29.2 Å². The molecule has 0 atom stereocenters. The Morgan fingerprint density at radius 2 is 2.27 bits per heavy atom. The van der Waals surface area contributed by atoms with Gasteiger partial charge in [-0.25, -0.2) is 0 Å². The van der Waals surface area contributed by atoms with E-state index in [2.05, 4.69) is 37.8 Å². The first kappa shape index (κ1) is 10.4. The van der Waals surface area contributed by atoms with Gasteiger partial charge in [0, 0.05) is 17.1 Å². The van der Waals surface area contributed by atoms with Crippen molar-refractivity contribution in [3.63, 3.8) is 0 Å². The van der Waals surface area contributed by atoms with Gasteiger partial charge in [0.15, 0.2) is 0 Å². The Bertz CT molecular complexity index is 455. The lowest BCUT2D eigenvalue weighted by Crippen LogP contribution is -1.97. The predicted octanol–water partition coefficient (Wildman–Crippen LogP) is 3.10. The summed E-state index contributed by atoms with van der Waals surface area (Å²) in [5, 5.41) is 4.26. The van der Waals surface area contributed by atoms with Gasteiger partial charge in [0.05, 0.1) is 0 Å². The van der Waals surface area contributed by atoms with E-state index in [9.17, 15) is 0 Å². The molecule has 3 nitrogen and oxygen atoms in total. The molecule has 0 radical (unpaired) electrons. The second kappa shape index (κ2) is 4.63. The normalized spacial score (nSPS) is 10.2. The van der Waals surface area contributed by atoms with Gasteiger partial charge in [0.2, 0.25) is 0 Å². The maximum atomic E-state index is 5.52. The second-order valence-electron chi connectivity index (χ2n) is 3.10. The third kappa shape index (κ3) is 2.94. The van der Waals surface area contributed by atoms with Crippen molar-refractivity contribution < 1.29 is 0 Å². The molecule has 0 aliphatic carbocycles. The van der Waals surface area contributed by atoms with Crippen LogP contribution in [-0.2, 0) is 6.54 Å². The third-order valence-electron chi connectivity index (χ3n) is 1.88. The van der Waals surface area contributed by atoms with Crippen molar-refractivity contribution in [2.24, 2.45) is 0 Å². The van der Waals surface area contributed by atoms with Crippen LogP contribution in [0.4, 0.5) is 10.8 Å². The molecular formula is C10H10BrN3S. The van der Waals surface area contributed by atoms with Gasteiger partial charge in [-0.2, -0.15) is 4.37 Å². The summed E-state index contributed by atoms with van der Waals surface area (Å²) in [6, 6.07) is 10.0.